The number of hydrogen-bond donors (Lipinski definition) is 1. The minimum absolute atomic E-state index is 0.201. The number of hydrogen-bond acceptors (Lipinski definition) is 4. The molecule has 0 saturated carbocycles. The monoisotopic (exact) mass is 224 g/mol. The first-order valence-corrected chi connectivity index (χ1v) is 5.12. The summed E-state index contributed by atoms with van der Waals surface area (Å²) in [4.78, 5) is 16.8. The van der Waals surface area contributed by atoms with Crippen molar-refractivity contribution in [3.63, 3.8) is 0 Å². The zero-order valence-electron chi connectivity index (χ0n) is 9.51. The summed E-state index contributed by atoms with van der Waals surface area (Å²) in [5.41, 5.74) is 0.201. The molecule has 0 aliphatic heterocycles. The summed E-state index contributed by atoms with van der Waals surface area (Å²) in [7, 11) is 1.65. The van der Waals surface area contributed by atoms with Crippen LogP contribution in [0.2, 0.25) is 0 Å². The molecule has 0 amide bonds. The first-order valence-electron chi connectivity index (χ1n) is 5.12. The maximum absolute atomic E-state index is 10.7. The van der Waals surface area contributed by atoms with Gasteiger partial charge in [-0.05, 0) is 19.1 Å². The van der Waals surface area contributed by atoms with Gasteiger partial charge in [-0.15, -0.1) is 0 Å². The Morgan fingerprint density at radius 3 is 2.75 bits per heavy atom. The highest BCUT2D eigenvalue weighted by Crippen LogP contribution is 2.10. The second kappa shape index (κ2) is 6.07. The van der Waals surface area contributed by atoms with Crippen molar-refractivity contribution < 1.29 is 14.6 Å². The Morgan fingerprint density at radius 1 is 1.56 bits per heavy atom. The summed E-state index contributed by atoms with van der Waals surface area (Å²) in [6.07, 6.45) is 1.37. The van der Waals surface area contributed by atoms with Gasteiger partial charge in [0.25, 0.3) is 0 Å². The summed E-state index contributed by atoms with van der Waals surface area (Å²) in [5, 5.41) is 8.74. The smallest absolute Gasteiger partial charge is 0.337 e. The minimum Gasteiger partial charge on any atom is -0.478 e. The molecule has 0 fully saturated rings. The average Bonchev–Trinajstić information content (AvgIpc) is 2.30. The number of ether oxygens (including phenoxy) is 1. The molecule has 0 unspecified atom stereocenters. The topological polar surface area (TPSA) is 62.7 Å². The minimum atomic E-state index is -0.959. The predicted molar refractivity (Wildman–Crippen MR) is 61.0 cm³/mol. The molecule has 5 heteroatoms. The van der Waals surface area contributed by atoms with Gasteiger partial charge in [-0.3, -0.25) is 0 Å². The summed E-state index contributed by atoms with van der Waals surface area (Å²) >= 11 is 0. The second-order valence-electron chi connectivity index (χ2n) is 3.28. The zero-order valence-corrected chi connectivity index (χ0v) is 9.51. The summed E-state index contributed by atoms with van der Waals surface area (Å²) < 4.78 is 4.99. The second-order valence-corrected chi connectivity index (χ2v) is 3.28. The highest BCUT2D eigenvalue weighted by atomic mass is 16.5. The maximum atomic E-state index is 10.7. The van der Waals surface area contributed by atoms with E-state index in [1.165, 1.54) is 6.20 Å². The number of anilines is 1. The predicted octanol–water partition coefficient (Wildman–Crippen LogP) is 1.25. The fraction of sp³-hybridized carbons (Fsp3) is 0.455. The van der Waals surface area contributed by atoms with Crippen LogP contribution < -0.4 is 4.90 Å². The highest BCUT2D eigenvalue weighted by molar-refractivity contribution is 5.87. The lowest BCUT2D eigenvalue weighted by Crippen LogP contribution is -2.27. The van der Waals surface area contributed by atoms with Gasteiger partial charge in [0.1, 0.15) is 5.82 Å². The summed E-state index contributed by atoms with van der Waals surface area (Å²) in [6.45, 7) is 4.19. The van der Waals surface area contributed by atoms with Gasteiger partial charge in [0.2, 0.25) is 0 Å². The van der Waals surface area contributed by atoms with Gasteiger partial charge in [0, 0.05) is 26.4 Å². The van der Waals surface area contributed by atoms with Crippen LogP contribution >= 0.6 is 0 Å². The van der Waals surface area contributed by atoms with Crippen molar-refractivity contribution in [2.45, 2.75) is 6.92 Å². The molecule has 1 aromatic heterocycles. The van der Waals surface area contributed by atoms with Crippen molar-refractivity contribution in [2.75, 3.05) is 31.7 Å². The maximum Gasteiger partial charge on any atom is 0.337 e. The Kier molecular flexibility index (Phi) is 4.72. The number of likely N-dealkylation sites (N-methyl/N-ethyl adjacent to an activating group) is 1. The van der Waals surface area contributed by atoms with Crippen molar-refractivity contribution in [3.8, 4) is 0 Å². The van der Waals surface area contributed by atoms with Crippen LogP contribution in [0.5, 0.6) is 0 Å². The van der Waals surface area contributed by atoms with E-state index in [2.05, 4.69) is 4.98 Å². The van der Waals surface area contributed by atoms with Crippen molar-refractivity contribution in [3.05, 3.63) is 23.9 Å². The molecule has 5 nitrogen and oxygen atoms in total. The molecule has 88 valence electrons. The van der Waals surface area contributed by atoms with E-state index >= 15 is 0 Å². The lowest BCUT2D eigenvalue weighted by atomic mass is 10.3. The van der Waals surface area contributed by atoms with Gasteiger partial charge in [0.05, 0.1) is 12.2 Å². The SMILES string of the molecule is CCN(CCOC)c1ccc(C(=O)O)cn1. The number of carboxylic acid groups (broad SMARTS) is 1. The van der Waals surface area contributed by atoms with E-state index in [0.717, 1.165) is 18.9 Å². The van der Waals surface area contributed by atoms with Crippen molar-refractivity contribution in [1.29, 1.82) is 0 Å². The standard InChI is InChI=1S/C11H16N2O3/c1-3-13(6-7-16-2)10-5-4-9(8-12-10)11(14)15/h4-5,8H,3,6-7H2,1-2H3,(H,14,15). The summed E-state index contributed by atoms with van der Waals surface area (Å²) in [6, 6.07) is 3.27. The number of methoxy groups -OCH3 is 1. The van der Waals surface area contributed by atoms with Crippen LogP contribution in [-0.2, 0) is 4.74 Å². The number of aromatic carboxylic acids is 1. The molecule has 0 aromatic carbocycles. The molecule has 1 rings (SSSR count). The normalized spacial score (nSPS) is 10.1. The first kappa shape index (κ1) is 12.4. The molecule has 0 radical (unpaired) electrons. The molecule has 0 spiro atoms. The number of nitrogens with zero attached hydrogens (tertiary/aromatic N) is 2. The zero-order chi connectivity index (χ0) is 12.0. The van der Waals surface area contributed by atoms with Crippen LogP contribution in [0.4, 0.5) is 5.82 Å². The van der Waals surface area contributed by atoms with Crippen molar-refractivity contribution in [2.24, 2.45) is 0 Å². The Bertz CT molecular complexity index is 338. The van der Waals surface area contributed by atoms with Crippen LogP contribution in [0.3, 0.4) is 0 Å². The Balaban J connectivity index is 2.74. The third-order valence-corrected chi connectivity index (χ3v) is 2.27. The van der Waals surface area contributed by atoms with Gasteiger partial charge >= 0.3 is 5.97 Å². The van der Waals surface area contributed by atoms with Gasteiger partial charge < -0.3 is 14.7 Å². The highest BCUT2D eigenvalue weighted by Gasteiger charge is 2.07. The number of carboxylic acids is 1. The van der Waals surface area contributed by atoms with Crippen LogP contribution in [0.1, 0.15) is 17.3 Å². The van der Waals surface area contributed by atoms with Crippen LogP contribution in [0.25, 0.3) is 0 Å². The molecule has 0 saturated heterocycles. The van der Waals surface area contributed by atoms with Crippen LogP contribution in [0.15, 0.2) is 18.3 Å². The molecule has 1 heterocycles. The quantitative estimate of drug-likeness (QED) is 0.788. The van der Waals surface area contributed by atoms with Crippen LogP contribution in [0, 0.1) is 0 Å². The van der Waals surface area contributed by atoms with Crippen molar-refractivity contribution >= 4 is 11.8 Å². The van der Waals surface area contributed by atoms with E-state index in [1.807, 2.05) is 11.8 Å². The van der Waals surface area contributed by atoms with E-state index in [0.29, 0.717) is 6.61 Å². The van der Waals surface area contributed by atoms with E-state index in [1.54, 1.807) is 19.2 Å². The van der Waals surface area contributed by atoms with Gasteiger partial charge in [-0.1, -0.05) is 0 Å². The Labute approximate surface area is 94.7 Å². The molecule has 0 atom stereocenters. The van der Waals surface area contributed by atoms with Gasteiger partial charge in [-0.2, -0.15) is 0 Å². The van der Waals surface area contributed by atoms with E-state index < -0.39 is 5.97 Å². The van der Waals surface area contributed by atoms with E-state index in [4.69, 9.17) is 9.84 Å². The lowest BCUT2D eigenvalue weighted by Gasteiger charge is -2.21. The molecule has 16 heavy (non-hydrogen) atoms. The molecule has 0 aliphatic carbocycles. The first-order chi connectivity index (χ1) is 7.69. The molecule has 0 aliphatic rings. The van der Waals surface area contributed by atoms with E-state index in [-0.39, 0.29) is 5.56 Å². The Hall–Kier alpha value is -1.62. The van der Waals surface area contributed by atoms with Crippen molar-refractivity contribution in [1.82, 2.24) is 4.98 Å². The molecule has 1 aromatic rings. The third-order valence-electron chi connectivity index (χ3n) is 2.27. The largest absolute Gasteiger partial charge is 0.478 e. The Morgan fingerprint density at radius 2 is 2.31 bits per heavy atom. The fourth-order valence-corrected chi connectivity index (χ4v) is 1.34. The number of rotatable bonds is 6. The molecule has 1 N–H and O–H groups in total. The number of carbonyl (C=O) groups is 1. The van der Waals surface area contributed by atoms with Gasteiger partial charge in [-0.25, -0.2) is 9.78 Å². The molecule has 0 bridgehead atoms. The van der Waals surface area contributed by atoms with E-state index in [9.17, 15) is 4.79 Å². The lowest BCUT2D eigenvalue weighted by molar-refractivity contribution is 0.0696. The number of aromatic nitrogens is 1. The molecular weight excluding hydrogens is 208 g/mol. The van der Waals surface area contributed by atoms with Crippen LogP contribution in [-0.4, -0.2) is 42.9 Å². The molecular formula is C11H16N2O3. The third kappa shape index (κ3) is 3.20. The number of pyridine rings is 1. The summed E-state index contributed by atoms with van der Waals surface area (Å²) in [5.74, 6) is -0.191. The average molecular weight is 224 g/mol. The van der Waals surface area contributed by atoms with Gasteiger partial charge in [0.15, 0.2) is 0 Å². The fourth-order valence-electron chi connectivity index (χ4n) is 1.34.